The van der Waals surface area contributed by atoms with Crippen molar-refractivity contribution < 1.29 is 18.6 Å². The van der Waals surface area contributed by atoms with Crippen LogP contribution < -0.4 is 19.5 Å². The number of hydrogen-bond donors (Lipinski definition) is 1. The first-order valence-electron chi connectivity index (χ1n) is 10.5. The number of nitrogens with zero attached hydrogens (tertiary/aromatic N) is 4. The molecule has 11 heteroatoms. The third kappa shape index (κ3) is 5.10. The molecule has 0 spiro atoms. The fourth-order valence-electron chi connectivity index (χ4n) is 3.38. The van der Waals surface area contributed by atoms with Crippen LogP contribution in [0, 0.1) is 6.92 Å². The molecule has 0 aliphatic heterocycles. The summed E-state index contributed by atoms with van der Waals surface area (Å²) in [7, 11) is 4.68. The minimum absolute atomic E-state index is 0.362. The van der Waals surface area contributed by atoms with Gasteiger partial charge in [-0.3, -0.25) is 0 Å². The Morgan fingerprint density at radius 3 is 2.44 bits per heavy atom. The number of hydrogen-bond acceptors (Lipinski definition) is 11. The molecule has 4 aromatic rings. The Bertz CT molecular complexity index is 1250. The Morgan fingerprint density at radius 1 is 1.00 bits per heavy atom. The lowest BCUT2D eigenvalue weighted by atomic mass is 10.1. The van der Waals surface area contributed by atoms with Gasteiger partial charge in [-0.25, -0.2) is 0 Å². The summed E-state index contributed by atoms with van der Waals surface area (Å²) in [6.07, 6.45) is 0.940. The SMILES string of the molecule is CCc1cccc(C)c1Nc1nnc(SCc2nnc(-c3cc(OC)c(OC)c(OC)c3)o2)s1. The molecule has 0 saturated carbocycles. The van der Waals surface area contributed by atoms with E-state index in [0.717, 1.165) is 21.6 Å². The van der Waals surface area contributed by atoms with Crippen LogP contribution in [-0.4, -0.2) is 41.7 Å². The van der Waals surface area contributed by atoms with Crippen LogP contribution in [0.2, 0.25) is 0 Å². The van der Waals surface area contributed by atoms with E-state index in [9.17, 15) is 0 Å². The first-order chi connectivity index (χ1) is 16.6. The second-order valence-electron chi connectivity index (χ2n) is 7.16. The third-order valence-corrected chi connectivity index (χ3v) is 7.03. The van der Waals surface area contributed by atoms with Gasteiger partial charge in [-0.05, 0) is 36.6 Å². The molecule has 0 radical (unpaired) electrons. The van der Waals surface area contributed by atoms with Crippen LogP contribution in [0.15, 0.2) is 39.1 Å². The highest BCUT2D eigenvalue weighted by atomic mass is 32.2. The zero-order valence-corrected chi connectivity index (χ0v) is 21.2. The maximum absolute atomic E-state index is 5.86. The molecule has 0 fully saturated rings. The van der Waals surface area contributed by atoms with Crippen molar-refractivity contribution in [3.05, 3.63) is 47.3 Å². The number of nitrogens with one attached hydrogen (secondary N) is 1. The van der Waals surface area contributed by atoms with Gasteiger partial charge in [-0.1, -0.05) is 48.2 Å². The molecule has 0 saturated heterocycles. The molecule has 178 valence electrons. The Balaban J connectivity index is 1.44. The number of aryl methyl sites for hydroxylation is 2. The minimum atomic E-state index is 0.362. The Kier molecular flexibility index (Phi) is 7.53. The van der Waals surface area contributed by atoms with Crippen molar-refractivity contribution in [2.75, 3.05) is 26.6 Å². The summed E-state index contributed by atoms with van der Waals surface area (Å²) in [5.74, 6) is 2.84. The first kappa shape index (κ1) is 23.8. The normalized spacial score (nSPS) is 10.9. The summed E-state index contributed by atoms with van der Waals surface area (Å²) in [6, 6.07) is 9.80. The van der Waals surface area contributed by atoms with Gasteiger partial charge in [0, 0.05) is 11.3 Å². The van der Waals surface area contributed by atoms with E-state index in [1.165, 1.54) is 34.2 Å². The minimum Gasteiger partial charge on any atom is -0.493 e. The van der Waals surface area contributed by atoms with E-state index in [1.54, 1.807) is 33.5 Å². The number of ether oxygens (including phenoxy) is 3. The summed E-state index contributed by atoms with van der Waals surface area (Å²) < 4.78 is 22.8. The zero-order valence-electron chi connectivity index (χ0n) is 19.5. The second-order valence-corrected chi connectivity index (χ2v) is 9.36. The van der Waals surface area contributed by atoms with Crippen LogP contribution in [-0.2, 0) is 12.2 Å². The maximum atomic E-state index is 5.86. The number of aromatic nitrogens is 4. The Morgan fingerprint density at radius 2 is 1.76 bits per heavy atom. The van der Waals surface area contributed by atoms with Gasteiger partial charge in [-0.2, -0.15) is 0 Å². The zero-order chi connectivity index (χ0) is 24.1. The Hall–Kier alpha value is -3.31. The molecule has 1 N–H and O–H groups in total. The molecule has 0 unspecified atom stereocenters. The van der Waals surface area contributed by atoms with Gasteiger partial charge in [-0.15, -0.1) is 20.4 Å². The number of thioether (sulfide) groups is 1. The molecule has 9 nitrogen and oxygen atoms in total. The molecule has 2 aromatic carbocycles. The van der Waals surface area contributed by atoms with E-state index in [0.29, 0.717) is 40.3 Å². The molecule has 0 aliphatic rings. The number of rotatable bonds is 10. The van der Waals surface area contributed by atoms with Crippen molar-refractivity contribution in [1.82, 2.24) is 20.4 Å². The standard InChI is InChI=1S/C23H25N5O4S2/c1-6-14-9-7-8-13(2)19(14)24-22-27-28-23(34-22)33-12-18-25-26-21(32-18)15-10-16(29-3)20(31-5)17(11-15)30-4/h7-11H,6,12H2,1-5H3,(H,24,27). The van der Waals surface area contributed by atoms with Gasteiger partial charge >= 0.3 is 0 Å². The summed E-state index contributed by atoms with van der Waals surface area (Å²) in [5, 5.41) is 21.0. The highest BCUT2D eigenvalue weighted by molar-refractivity contribution is 8.00. The molecular formula is C23H25N5O4S2. The number of methoxy groups -OCH3 is 3. The molecular weight excluding hydrogens is 474 g/mol. The van der Waals surface area contributed by atoms with Crippen molar-refractivity contribution in [1.29, 1.82) is 0 Å². The van der Waals surface area contributed by atoms with Gasteiger partial charge in [0.2, 0.25) is 22.7 Å². The maximum Gasteiger partial charge on any atom is 0.248 e. The average Bonchev–Trinajstić information content (AvgIpc) is 3.52. The highest BCUT2D eigenvalue weighted by Crippen LogP contribution is 2.41. The van der Waals surface area contributed by atoms with Gasteiger partial charge in [0.05, 0.1) is 27.1 Å². The molecule has 0 atom stereocenters. The predicted octanol–water partition coefficient (Wildman–Crippen LogP) is 5.52. The summed E-state index contributed by atoms with van der Waals surface area (Å²) >= 11 is 2.97. The van der Waals surface area contributed by atoms with Gasteiger partial charge in [0.25, 0.3) is 0 Å². The molecule has 0 amide bonds. The van der Waals surface area contributed by atoms with Crippen molar-refractivity contribution in [3.63, 3.8) is 0 Å². The summed E-state index contributed by atoms with van der Waals surface area (Å²) in [6.45, 7) is 4.22. The third-order valence-electron chi connectivity index (χ3n) is 5.08. The highest BCUT2D eigenvalue weighted by Gasteiger charge is 2.18. The van der Waals surface area contributed by atoms with Crippen molar-refractivity contribution in [2.45, 2.75) is 30.4 Å². The van der Waals surface area contributed by atoms with Crippen LogP contribution >= 0.6 is 23.1 Å². The molecule has 2 aromatic heterocycles. The average molecular weight is 500 g/mol. The van der Waals surface area contributed by atoms with Crippen LogP contribution in [0.5, 0.6) is 17.2 Å². The van der Waals surface area contributed by atoms with Crippen molar-refractivity contribution in [3.8, 4) is 28.7 Å². The van der Waals surface area contributed by atoms with E-state index in [-0.39, 0.29) is 0 Å². The summed E-state index contributed by atoms with van der Waals surface area (Å²) in [5.41, 5.74) is 4.18. The molecule has 34 heavy (non-hydrogen) atoms. The number of benzene rings is 2. The quantitative estimate of drug-likeness (QED) is 0.280. The van der Waals surface area contributed by atoms with Crippen LogP contribution in [0.25, 0.3) is 11.5 Å². The Labute approximate surface area is 205 Å². The molecule has 2 heterocycles. The summed E-state index contributed by atoms with van der Waals surface area (Å²) in [4.78, 5) is 0. The van der Waals surface area contributed by atoms with Crippen molar-refractivity contribution in [2.24, 2.45) is 0 Å². The first-order valence-corrected chi connectivity index (χ1v) is 12.3. The largest absolute Gasteiger partial charge is 0.493 e. The number of anilines is 2. The van der Waals surface area contributed by atoms with Crippen LogP contribution in [0.4, 0.5) is 10.8 Å². The lowest BCUT2D eigenvalue weighted by molar-refractivity contribution is 0.324. The smallest absolute Gasteiger partial charge is 0.248 e. The molecule has 0 aliphatic carbocycles. The lowest BCUT2D eigenvalue weighted by Crippen LogP contribution is -1.97. The lowest BCUT2D eigenvalue weighted by Gasteiger charge is -2.12. The van der Waals surface area contributed by atoms with Crippen molar-refractivity contribution >= 4 is 33.9 Å². The molecule has 4 rings (SSSR count). The topological polar surface area (TPSA) is 104 Å². The van der Waals surface area contributed by atoms with E-state index in [1.807, 2.05) is 0 Å². The molecule has 0 bridgehead atoms. The van der Waals surface area contributed by atoms with E-state index in [4.69, 9.17) is 18.6 Å². The van der Waals surface area contributed by atoms with E-state index >= 15 is 0 Å². The van der Waals surface area contributed by atoms with Gasteiger partial charge < -0.3 is 23.9 Å². The van der Waals surface area contributed by atoms with E-state index in [2.05, 4.69) is 57.8 Å². The van der Waals surface area contributed by atoms with Crippen LogP contribution in [0.3, 0.4) is 0 Å². The van der Waals surface area contributed by atoms with Crippen LogP contribution in [0.1, 0.15) is 23.9 Å². The predicted molar refractivity (Wildman–Crippen MR) is 133 cm³/mol. The van der Waals surface area contributed by atoms with Gasteiger partial charge in [0.15, 0.2) is 15.8 Å². The van der Waals surface area contributed by atoms with Gasteiger partial charge in [0.1, 0.15) is 0 Å². The second kappa shape index (κ2) is 10.7. The monoisotopic (exact) mass is 499 g/mol. The fourth-order valence-corrected chi connectivity index (χ4v) is 4.98. The van der Waals surface area contributed by atoms with E-state index < -0.39 is 0 Å². The number of para-hydroxylation sites is 1. The fraction of sp³-hybridized carbons (Fsp3) is 0.304.